The smallest absolute Gasteiger partial charge is 0.156 e. The Morgan fingerprint density at radius 2 is 1.88 bits per heavy atom. The van der Waals surface area contributed by atoms with E-state index >= 15 is 0 Å². The van der Waals surface area contributed by atoms with Gasteiger partial charge in [0.25, 0.3) is 0 Å². The van der Waals surface area contributed by atoms with Crippen LogP contribution < -0.4 is 16.0 Å². The minimum absolute atomic E-state index is 0.0827. The molecule has 0 amide bonds. The SMILES string of the molecule is CNCCNCc1cccc(C2=NC(NC3CCOCC3)C(C)(C)C(c3cccnc3)=N2)c1. The van der Waals surface area contributed by atoms with Crippen molar-refractivity contribution >= 4 is 11.5 Å². The molecule has 33 heavy (non-hydrogen) atoms. The lowest BCUT2D eigenvalue weighted by Gasteiger charge is -2.39. The summed E-state index contributed by atoms with van der Waals surface area (Å²) in [4.78, 5) is 14.6. The van der Waals surface area contributed by atoms with E-state index < -0.39 is 0 Å². The van der Waals surface area contributed by atoms with Crippen molar-refractivity contribution < 1.29 is 4.74 Å². The molecular formula is C26H36N6O. The van der Waals surface area contributed by atoms with Gasteiger partial charge in [0.15, 0.2) is 5.84 Å². The molecule has 4 rings (SSSR count). The van der Waals surface area contributed by atoms with Gasteiger partial charge in [0.05, 0.1) is 5.71 Å². The first kappa shape index (κ1) is 23.7. The fourth-order valence-electron chi connectivity index (χ4n) is 4.37. The zero-order valence-electron chi connectivity index (χ0n) is 20.0. The Balaban J connectivity index is 1.65. The number of amidine groups is 1. The third-order valence-corrected chi connectivity index (χ3v) is 6.38. The summed E-state index contributed by atoms with van der Waals surface area (Å²) in [5.74, 6) is 0.773. The Morgan fingerprint density at radius 3 is 2.64 bits per heavy atom. The Kier molecular flexibility index (Phi) is 7.98. The minimum atomic E-state index is -0.281. The lowest BCUT2D eigenvalue weighted by atomic mass is 9.79. The van der Waals surface area contributed by atoms with Crippen LogP contribution in [0.4, 0.5) is 0 Å². The first-order valence-corrected chi connectivity index (χ1v) is 11.9. The highest BCUT2D eigenvalue weighted by atomic mass is 16.5. The van der Waals surface area contributed by atoms with E-state index in [1.54, 1.807) is 6.20 Å². The number of ether oxygens (including phenoxy) is 1. The van der Waals surface area contributed by atoms with Gasteiger partial charge in [-0.25, -0.2) is 9.98 Å². The highest BCUT2D eigenvalue weighted by Crippen LogP contribution is 2.33. The van der Waals surface area contributed by atoms with Gasteiger partial charge >= 0.3 is 0 Å². The second-order valence-corrected chi connectivity index (χ2v) is 9.31. The van der Waals surface area contributed by atoms with E-state index in [4.69, 9.17) is 14.7 Å². The molecule has 0 bridgehead atoms. The highest BCUT2D eigenvalue weighted by molar-refractivity contribution is 6.16. The summed E-state index contributed by atoms with van der Waals surface area (Å²) in [6, 6.07) is 13.0. The molecular weight excluding hydrogens is 412 g/mol. The predicted molar refractivity (Wildman–Crippen MR) is 134 cm³/mol. The summed E-state index contributed by atoms with van der Waals surface area (Å²) in [6.07, 6.45) is 5.63. The molecule has 3 heterocycles. The summed E-state index contributed by atoms with van der Waals surface area (Å²) in [7, 11) is 1.97. The van der Waals surface area contributed by atoms with Gasteiger partial charge in [0, 0.05) is 67.8 Å². The number of aromatic nitrogens is 1. The van der Waals surface area contributed by atoms with Gasteiger partial charge in [-0.1, -0.05) is 38.1 Å². The number of hydrogen-bond acceptors (Lipinski definition) is 7. The van der Waals surface area contributed by atoms with Crippen LogP contribution in [-0.2, 0) is 11.3 Å². The van der Waals surface area contributed by atoms with E-state index in [1.165, 1.54) is 5.56 Å². The van der Waals surface area contributed by atoms with Gasteiger partial charge in [-0.2, -0.15) is 0 Å². The fraction of sp³-hybridized carbons (Fsp3) is 0.500. The second kappa shape index (κ2) is 11.1. The molecule has 1 aromatic carbocycles. The number of pyridine rings is 1. The Labute approximate surface area is 197 Å². The van der Waals surface area contributed by atoms with E-state index in [9.17, 15) is 0 Å². The third kappa shape index (κ3) is 5.92. The summed E-state index contributed by atoms with van der Waals surface area (Å²) >= 11 is 0. The van der Waals surface area contributed by atoms with Crippen LogP contribution in [0, 0.1) is 5.41 Å². The second-order valence-electron chi connectivity index (χ2n) is 9.31. The predicted octanol–water partition coefficient (Wildman–Crippen LogP) is 2.76. The summed E-state index contributed by atoms with van der Waals surface area (Å²) in [5.41, 5.74) is 4.04. The fourth-order valence-corrected chi connectivity index (χ4v) is 4.37. The average molecular weight is 449 g/mol. The number of likely N-dealkylation sites (N-methyl/N-ethyl adjacent to an activating group) is 1. The Bertz CT molecular complexity index is 966. The number of nitrogens with one attached hydrogen (secondary N) is 3. The van der Waals surface area contributed by atoms with Gasteiger partial charge in [0.1, 0.15) is 6.17 Å². The van der Waals surface area contributed by atoms with Gasteiger partial charge in [-0.15, -0.1) is 0 Å². The molecule has 176 valence electrons. The Morgan fingerprint density at radius 1 is 1.06 bits per heavy atom. The zero-order valence-corrected chi connectivity index (χ0v) is 20.0. The lowest BCUT2D eigenvalue weighted by molar-refractivity contribution is 0.0716. The molecule has 1 atom stereocenters. The molecule has 1 fully saturated rings. The van der Waals surface area contributed by atoms with Crippen LogP contribution in [0.3, 0.4) is 0 Å². The van der Waals surface area contributed by atoms with E-state index in [1.807, 2.05) is 19.3 Å². The maximum absolute atomic E-state index is 5.56. The maximum Gasteiger partial charge on any atom is 0.156 e. The van der Waals surface area contributed by atoms with Crippen LogP contribution in [0.5, 0.6) is 0 Å². The summed E-state index contributed by atoms with van der Waals surface area (Å²) in [5, 5.41) is 10.5. The standard InChI is InChI=1S/C26H36N6O/c1-26(2)23(21-8-5-11-28-18-21)31-24(32-25(26)30-22-9-14-33-15-10-22)20-7-4-6-19(16-20)17-29-13-12-27-3/h4-8,11,16,18,22,25,27,29-30H,9-10,12-15,17H2,1-3H3. The van der Waals surface area contributed by atoms with Crippen LogP contribution in [0.15, 0.2) is 58.8 Å². The van der Waals surface area contributed by atoms with Crippen molar-refractivity contribution in [3.8, 4) is 0 Å². The van der Waals surface area contributed by atoms with Gasteiger partial charge in [-0.05, 0) is 37.6 Å². The van der Waals surface area contributed by atoms with E-state index in [0.717, 1.165) is 68.4 Å². The molecule has 2 aromatic rings. The quantitative estimate of drug-likeness (QED) is 0.514. The highest BCUT2D eigenvalue weighted by Gasteiger charge is 2.40. The van der Waals surface area contributed by atoms with Crippen LogP contribution >= 0.6 is 0 Å². The number of aliphatic imine (C=N–C) groups is 2. The van der Waals surface area contributed by atoms with E-state index in [0.29, 0.717) is 6.04 Å². The van der Waals surface area contributed by atoms with Crippen LogP contribution in [-0.4, -0.2) is 62.1 Å². The number of benzene rings is 1. The number of rotatable bonds is 9. The summed E-state index contributed by atoms with van der Waals surface area (Å²) < 4.78 is 5.56. The first-order valence-electron chi connectivity index (χ1n) is 11.9. The van der Waals surface area contributed by atoms with Crippen molar-refractivity contribution in [1.82, 2.24) is 20.9 Å². The summed E-state index contributed by atoms with van der Waals surface area (Å²) in [6.45, 7) is 8.73. The topological polar surface area (TPSA) is 82.9 Å². The molecule has 3 N–H and O–H groups in total. The zero-order chi connectivity index (χ0) is 23.1. The van der Waals surface area contributed by atoms with Crippen molar-refractivity contribution in [2.24, 2.45) is 15.4 Å². The van der Waals surface area contributed by atoms with Crippen molar-refractivity contribution in [2.75, 3.05) is 33.4 Å². The van der Waals surface area contributed by atoms with Crippen LogP contribution in [0.2, 0.25) is 0 Å². The minimum Gasteiger partial charge on any atom is -0.381 e. The maximum atomic E-state index is 5.56. The molecule has 7 nitrogen and oxygen atoms in total. The van der Waals surface area contributed by atoms with Gasteiger partial charge in [-0.3, -0.25) is 10.3 Å². The molecule has 0 spiro atoms. The number of hydrogen-bond donors (Lipinski definition) is 3. The van der Waals surface area contributed by atoms with Gasteiger partial charge in [0.2, 0.25) is 0 Å². The molecule has 1 aromatic heterocycles. The lowest BCUT2D eigenvalue weighted by Crippen LogP contribution is -2.53. The largest absolute Gasteiger partial charge is 0.381 e. The van der Waals surface area contributed by atoms with Crippen molar-refractivity contribution in [1.29, 1.82) is 0 Å². The third-order valence-electron chi connectivity index (χ3n) is 6.38. The molecule has 7 heteroatoms. The molecule has 2 aliphatic rings. The first-order chi connectivity index (χ1) is 16.1. The Hall–Kier alpha value is -2.45. The van der Waals surface area contributed by atoms with Crippen LogP contribution in [0.25, 0.3) is 0 Å². The molecule has 0 saturated carbocycles. The monoisotopic (exact) mass is 448 g/mol. The molecule has 1 unspecified atom stereocenters. The molecule has 2 aliphatic heterocycles. The van der Waals surface area contributed by atoms with Crippen molar-refractivity contribution in [3.05, 3.63) is 65.5 Å². The molecule has 0 aliphatic carbocycles. The normalized spacial score (nSPS) is 20.9. The van der Waals surface area contributed by atoms with E-state index in [-0.39, 0.29) is 11.6 Å². The van der Waals surface area contributed by atoms with Gasteiger partial charge < -0.3 is 15.4 Å². The number of nitrogens with zero attached hydrogens (tertiary/aromatic N) is 3. The van der Waals surface area contributed by atoms with Crippen molar-refractivity contribution in [2.45, 2.75) is 45.4 Å². The van der Waals surface area contributed by atoms with Crippen LogP contribution in [0.1, 0.15) is 43.4 Å². The van der Waals surface area contributed by atoms with E-state index in [2.05, 4.69) is 65.1 Å². The molecule has 0 radical (unpaired) electrons. The average Bonchev–Trinajstić information content (AvgIpc) is 2.84. The molecule has 1 saturated heterocycles. The van der Waals surface area contributed by atoms with Crippen molar-refractivity contribution in [3.63, 3.8) is 0 Å².